The molecule has 2 atom stereocenters. The SMILES string of the molecule is CC(NC(=O)C1CCCN(C(=O)Nc2ccccc2)C1)c1cccc(OC(F)F)c1. The number of urea groups is 1. The van der Waals surface area contributed by atoms with Gasteiger partial charge in [-0.15, -0.1) is 0 Å². The van der Waals surface area contributed by atoms with Crippen LogP contribution in [0.1, 0.15) is 31.4 Å². The van der Waals surface area contributed by atoms with E-state index in [1.54, 1.807) is 36.1 Å². The molecule has 0 spiro atoms. The number of hydrogen-bond donors (Lipinski definition) is 2. The van der Waals surface area contributed by atoms with E-state index >= 15 is 0 Å². The first-order chi connectivity index (χ1) is 14.4. The summed E-state index contributed by atoms with van der Waals surface area (Å²) in [5.41, 5.74) is 1.37. The number of carbonyl (C=O) groups excluding carboxylic acids is 2. The van der Waals surface area contributed by atoms with Crippen LogP contribution >= 0.6 is 0 Å². The summed E-state index contributed by atoms with van der Waals surface area (Å²) in [7, 11) is 0. The zero-order chi connectivity index (χ0) is 21.5. The molecule has 30 heavy (non-hydrogen) atoms. The van der Waals surface area contributed by atoms with Gasteiger partial charge in [0.1, 0.15) is 5.75 Å². The van der Waals surface area contributed by atoms with Crippen molar-refractivity contribution >= 4 is 17.6 Å². The highest BCUT2D eigenvalue weighted by molar-refractivity contribution is 5.90. The molecule has 2 aromatic rings. The average Bonchev–Trinajstić information content (AvgIpc) is 2.74. The van der Waals surface area contributed by atoms with Gasteiger partial charge in [-0.3, -0.25) is 4.79 Å². The second kappa shape index (κ2) is 10.0. The van der Waals surface area contributed by atoms with Crippen LogP contribution in [-0.2, 0) is 4.79 Å². The second-order valence-corrected chi connectivity index (χ2v) is 7.26. The third-order valence-corrected chi connectivity index (χ3v) is 5.05. The van der Waals surface area contributed by atoms with Crippen molar-refractivity contribution in [2.24, 2.45) is 5.92 Å². The van der Waals surface area contributed by atoms with Crippen LogP contribution in [0.25, 0.3) is 0 Å². The molecule has 3 amide bonds. The third kappa shape index (κ3) is 5.92. The van der Waals surface area contributed by atoms with Crippen molar-refractivity contribution in [2.45, 2.75) is 32.4 Å². The van der Waals surface area contributed by atoms with Crippen molar-refractivity contribution < 1.29 is 23.1 Å². The van der Waals surface area contributed by atoms with Gasteiger partial charge in [0.25, 0.3) is 0 Å². The molecule has 2 N–H and O–H groups in total. The number of alkyl halides is 2. The number of ether oxygens (including phenoxy) is 1. The van der Waals surface area contributed by atoms with Gasteiger partial charge in [-0.05, 0) is 49.6 Å². The smallest absolute Gasteiger partial charge is 0.387 e. The van der Waals surface area contributed by atoms with E-state index in [1.807, 2.05) is 18.2 Å². The molecule has 2 aromatic carbocycles. The van der Waals surface area contributed by atoms with E-state index in [4.69, 9.17) is 0 Å². The van der Waals surface area contributed by atoms with Crippen molar-refractivity contribution in [1.82, 2.24) is 10.2 Å². The molecule has 1 aliphatic rings. The maximum atomic E-state index is 12.8. The van der Waals surface area contributed by atoms with Gasteiger partial charge in [0.15, 0.2) is 0 Å². The van der Waals surface area contributed by atoms with Gasteiger partial charge in [0, 0.05) is 18.8 Å². The van der Waals surface area contributed by atoms with Crippen LogP contribution in [0.3, 0.4) is 0 Å². The molecule has 8 heteroatoms. The Labute approximate surface area is 174 Å². The van der Waals surface area contributed by atoms with Gasteiger partial charge in [-0.25, -0.2) is 4.79 Å². The lowest BCUT2D eigenvalue weighted by molar-refractivity contribution is -0.126. The molecule has 0 radical (unpaired) electrons. The minimum Gasteiger partial charge on any atom is -0.435 e. The quantitative estimate of drug-likeness (QED) is 0.732. The van der Waals surface area contributed by atoms with Crippen molar-refractivity contribution in [3.8, 4) is 5.75 Å². The molecule has 0 aliphatic carbocycles. The summed E-state index contributed by atoms with van der Waals surface area (Å²) in [6.45, 7) is -0.209. The number of amides is 3. The van der Waals surface area contributed by atoms with Gasteiger partial charge in [0.05, 0.1) is 12.0 Å². The van der Waals surface area contributed by atoms with Crippen LogP contribution in [0.15, 0.2) is 54.6 Å². The molecule has 160 valence electrons. The van der Waals surface area contributed by atoms with E-state index in [1.165, 1.54) is 12.1 Å². The average molecular weight is 417 g/mol. The van der Waals surface area contributed by atoms with Gasteiger partial charge >= 0.3 is 12.6 Å². The first kappa shape index (κ1) is 21.5. The Morgan fingerprint density at radius 3 is 2.63 bits per heavy atom. The monoisotopic (exact) mass is 417 g/mol. The summed E-state index contributed by atoms with van der Waals surface area (Å²) in [4.78, 5) is 26.9. The number of nitrogens with one attached hydrogen (secondary N) is 2. The van der Waals surface area contributed by atoms with Crippen LogP contribution in [0.4, 0.5) is 19.3 Å². The van der Waals surface area contributed by atoms with Crippen molar-refractivity contribution in [1.29, 1.82) is 0 Å². The highest BCUT2D eigenvalue weighted by Gasteiger charge is 2.29. The van der Waals surface area contributed by atoms with Crippen LogP contribution in [-0.4, -0.2) is 36.5 Å². The van der Waals surface area contributed by atoms with Gasteiger partial charge in [-0.2, -0.15) is 8.78 Å². The summed E-state index contributed by atoms with van der Waals surface area (Å²) in [5.74, 6) is -0.451. The van der Waals surface area contributed by atoms with Gasteiger partial charge in [-0.1, -0.05) is 30.3 Å². The lowest BCUT2D eigenvalue weighted by Gasteiger charge is -2.32. The van der Waals surface area contributed by atoms with E-state index in [0.29, 0.717) is 30.8 Å². The molecule has 0 aromatic heterocycles. The van der Waals surface area contributed by atoms with Crippen LogP contribution in [0.2, 0.25) is 0 Å². The number of carbonyl (C=O) groups is 2. The van der Waals surface area contributed by atoms with Crippen molar-refractivity contribution in [3.63, 3.8) is 0 Å². The van der Waals surface area contributed by atoms with E-state index in [-0.39, 0.29) is 29.6 Å². The fraction of sp³-hybridized carbons (Fsp3) is 0.364. The van der Waals surface area contributed by atoms with E-state index in [2.05, 4.69) is 15.4 Å². The van der Waals surface area contributed by atoms with E-state index in [0.717, 1.165) is 6.42 Å². The first-order valence-corrected chi connectivity index (χ1v) is 9.88. The normalized spacial score (nSPS) is 17.3. The number of piperidine rings is 1. The van der Waals surface area contributed by atoms with Gasteiger partial charge in [0.2, 0.25) is 5.91 Å². The number of likely N-dealkylation sites (tertiary alicyclic amines) is 1. The minimum absolute atomic E-state index is 0.0463. The van der Waals surface area contributed by atoms with Gasteiger partial charge < -0.3 is 20.3 Å². The van der Waals surface area contributed by atoms with Crippen molar-refractivity contribution in [3.05, 3.63) is 60.2 Å². The summed E-state index contributed by atoms with van der Waals surface area (Å²) in [6, 6.07) is 14.8. The number of halogens is 2. The van der Waals surface area contributed by atoms with Crippen LogP contribution in [0, 0.1) is 5.92 Å². The number of anilines is 1. The fourth-order valence-electron chi connectivity index (χ4n) is 3.47. The highest BCUT2D eigenvalue weighted by Crippen LogP contribution is 2.23. The molecular formula is C22H25F2N3O3. The van der Waals surface area contributed by atoms with Crippen LogP contribution in [0.5, 0.6) is 5.75 Å². The Hall–Kier alpha value is -3.16. The predicted octanol–water partition coefficient (Wildman–Crippen LogP) is 4.41. The number of rotatable bonds is 6. The zero-order valence-electron chi connectivity index (χ0n) is 16.7. The molecular weight excluding hydrogens is 392 g/mol. The standard InChI is InChI=1S/C22H25F2N3O3/c1-15(16-7-5-11-19(13-16)30-21(23)24)25-20(28)17-8-6-12-27(14-17)22(29)26-18-9-3-2-4-10-18/h2-5,7,9-11,13,15,17,21H,6,8,12,14H2,1H3,(H,25,28)(H,26,29). The molecule has 6 nitrogen and oxygen atoms in total. The molecule has 1 aliphatic heterocycles. The Morgan fingerprint density at radius 2 is 1.90 bits per heavy atom. The largest absolute Gasteiger partial charge is 0.435 e. The predicted molar refractivity (Wildman–Crippen MR) is 109 cm³/mol. The minimum atomic E-state index is -2.90. The maximum absolute atomic E-state index is 12.8. The second-order valence-electron chi connectivity index (χ2n) is 7.26. The Balaban J connectivity index is 1.56. The number of benzene rings is 2. The molecule has 1 heterocycles. The topological polar surface area (TPSA) is 70.7 Å². The Morgan fingerprint density at radius 1 is 1.13 bits per heavy atom. The van der Waals surface area contributed by atoms with E-state index < -0.39 is 6.61 Å². The number of hydrogen-bond acceptors (Lipinski definition) is 3. The Kier molecular flexibility index (Phi) is 7.21. The van der Waals surface area contributed by atoms with Crippen LogP contribution < -0.4 is 15.4 Å². The number of para-hydroxylation sites is 1. The summed E-state index contributed by atoms with van der Waals surface area (Å²) in [6.07, 6.45) is 1.41. The first-order valence-electron chi connectivity index (χ1n) is 9.88. The fourth-order valence-corrected chi connectivity index (χ4v) is 3.47. The Bertz CT molecular complexity index is 864. The molecule has 3 rings (SSSR count). The molecule has 0 saturated carbocycles. The maximum Gasteiger partial charge on any atom is 0.387 e. The summed E-state index contributed by atoms with van der Waals surface area (Å²) in [5, 5.41) is 5.75. The third-order valence-electron chi connectivity index (χ3n) is 5.05. The van der Waals surface area contributed by atoms with E-state index in [9.17, 15) is 18.4 Å². The molecule has 1 saturated heterocycles. The molecule has 0 bridgehead atoms. The highest BCUT2D eigenvalue weighted by atomic mass is 19.3. The lowest BCUT2D eigenvalue weighted by atomic mass is 9.96. The molecule has 1 fully saturated rings. The summed E-state index contributed by atoms with van der Waals surface area (Å²) >= 11 is 0. The molecule has 2 unspecified atom stereocenters. The zero-order valence-corrected chi connectivity index (χ0v) is 16.7. The summed E-state index contributed by atoms with van der Waals surface area (Å²) < 4.78 is 29.3. The lowest BCUT2D eigenvalue weighted by Crippen LogP contribution is -2.47. The number of nitrogens with zero attached hydrogens (tertiary/aromatic N) is 1. The van der Waals surface area contributed by atoms with Crippen molar-refractivity contribution in [2.75, 3.05) is 18.4 Å².